The average Bonchev–Trinajstić information content (AvgIpc) is 3.70. The zero-order valence-electron chi connectivity index (χ0n) is 45.2. The number of hydrogen-bond acceptors (Lipinski definition) is 4. The molecule has 0 aromatic heterocycles. The summed E-state index contributed by atoms with van der Waals surface area (Å²) in [6.07, 6.45) is 0. The van der Waals surface area contributed by atoms with Crippen molar-refractivity contribution in [2.45, 2.75) is 0 Å². The van der Waals surface area contributed by atoms with Crippen LogP contribution in [0.25, 0.3) is 48.7 Å². The van der Waals surface area contributed by atoms with Crippen molar-refractivity contribution in [1.82, 2.24) is 0 Å². The van der Waals surface area contributed by atoms with Crippen molar-refractivity contribution in [3.05, 3.63) is 345 Å². The monoisotopic (exact) mass is 1050 g/mol. The van der Waals surface area contributed by atoms with Crippen molar-refractivity contribution in [2.75, 3.05) is 19.6 Å². The van der Waals surface area contributed by atoms with Crippen molar-refractivity contribution in [2.24, 2.45) is 0 Å². The van der Waals surface area contributed by atoms with Gasteiger partial charge in [0.05, 0.1) is 22.7 Å². The van der Waals surface area contributed by atoms with E-state index >= 15 is 0 Å². The largest absolute Gasteiger partial charge is 0.310 e. The van der Waals surface area contributed by atoms with Gasteiger partial charge >= 0.3 is 0 Å². The van der Waals surface area contributed by atoms with Crippen molar-refractivity contribution < 1.29 is 0 Å². The first-order valence-corrected chi connectivity index (χ1v) is 27.9. The van der Waals surface area contributed by atoms with Gasteiger partial charge in [-0.1, -0.05) is 225 Å². The van der Waals surface area contributed by atoms with Gasteiger partial charge in [0.1, 0.15) is 0 Å². The molecule has 0 saturated carbocycles. The molecule has 0 heterocycles. The van der Waals surface area contributed by atoms with Gasteiger partial charge in [0, 0.05) is 67.0 Å². The first kappa shape index (κ1) is 49.4. The molecule has 0 saturated heterocycles. The quantitative estimate of drug-likeness (QED) is 0.108. The highest BCUT2D eigenvalue weighted by Gasteiger charge is 2.25. The molecule has 14 aromatic carbocycles. The molecule has 0 unspecified atom stereocenters. The van der Waals surface area contributed by atoms with Crippen LogP contribution in [0.4, 0.5) is 68.2 Å². The Bertz CT molecular complexity index is 4020. The average molecular weight is 1050 g/mol. The first-order chi connectivity index (χ1) is 40.6. The molecule has 0 aliphatic carbocycles. The Morgan fingerprint density at radius 2 is 0.402 bits per heavy atom. The maximum atomic E-state index is 5.20. The predicted octanol–water partition coefficient (Wildman–Crippen LogP) is 22.2. The van der Waals surface area contributed by atoms with E-state index in [-0.39, 0.29) is 0 Å². The molecule has 0 atom stereocenters. The molecule has 0 aliphatic heterocycles. The number of benzene rings is 14. The van der Waals surface area contributed by atoms with Gasteiger partial charge < -0.3 is 19.6 Å². The minimum absolute atomic E-state index is 0.861. The molecule has 0 spiro atoms. The second-order valence-electron chi connectivity index (χ2n) is 20.6. The van der Waals surface area contributed by atoms with E-state index < -0.39 is 0 Å². The lowest BCUT2D eigenvalue weighted by molar-refractivity contribution is 1.25. The van der Waals surface area contributed by atoms with Crippen LogP contribution < -0.4 is 19.6 Å². The van der Waals surface area contributed by atoms with Crippen molar-refractivity contribution in [1.29, 1.82) is 0 Å². The summed E-state index contributed by atoms with van der Waals surface area (Å²) in [4.78, 5) is 9.64. The number of fused-ring (bicyclic) bond motifs is 4. The second kappa shape index (κ2) is 21.7. The van der Waals surface area contributed by atoms with Crippen LogP contribution in [0, 0.1) is 0 Å². The van der Waals surface area contributed by atoms with Gasteiger partial charge in [-0.3, -0.25) is 0 Å². The van der Waals surface area contributed by atoms with Gasteiger partial charge in [0.15, 0.2) is 0 Å². The Labute approximate surface area is 479 Å². The summed E-state index contributed by atoms with van der Waals surface area (Å²) >= 11 is 0. The van der Waals surface area contributed by atoms with Crippen LogP contribution in [-0.2, 0) is 0 Å². The van der Waals surface area contributed by atoms with Crippen LogP contribution in [0.3, 0.4) is 0 Å². The number of hydrogen-bond donors (Lipinski definition) is 0. The molecule has 14 rings (SSSR count). The molecule has 0 bridgehead atoms. The Kier molecular flexibility index (Phi) is 13.1. The van der Waals surface area contributed by atoms with Crippen molar-refractivity contribution in [3.63, 3.8) is 0 Å². The normalized spacial score (nSPS) is 11.2. The molecule has 0 fully saturated rings. The maximum Gasteiger partial charge on any atom is 0.0540 e. The zero-order valence-corrected chi connectivity index (χ0v) is 45.2. The molecule has 0 aliphatic rings. The minimum Gasteiger partial charge on any atom is -0.310 e. The second-order valence-corrected chi connectivity index (χ2v) is 20.6. The van der Waals surface area contributed by atoms with E-state index in [0.717, 1.165) is 128 Å². The van der Waals surface area contributed by atoms with E-state index in [0.29, 0.717) is 0 Å². The van der Waals surface area contributed by atoms with Crippen LogP contribution in [-0.4, -0.2) is 0 Å². The summed E-state index contributed by atoms with van der Waals surface area (Å²) in [5.74, 6) is 0. The van der Waals surface area contributed by atoms with E-state index in [1.54, 1.807) is 0 Å². The summed E-state index contributed by atoms with van der Waals surface area (Å²) < 4.78 is 0. The van der Waals surface area contributed by atoms with Gasteiger partial charge in [-0.2, -0.15) is 0 Å². The fourth-order valence-corrected chi connectivity index (χ4v) is 11.9. The number of anilines is 12. The molecular weight excluding hydrogens is 993 g/mol. The first-order valence-electron chi connectivity index (χ1n) is 27.9. The highest BCUT2D eigenvalue weighted by atomic mass is 15.2. The molecule has 82 heavy (non-hydrogen) atoms. The highest BCUT2D eigenvalue weighted by Crippen LogP contribution is 2.49. The standard InChI is InChI=1S/C78H56N4/c1-56(61-50-67(79(63-34-6-2-7-35-63)75-46-22-30-57-26-14-18-42-71(57)75)54-68(51-61)80(64-36-8-3-9-37-64)76-47-23-31-58-27-15-19-43-72(58)76)62-52-69(81(65-38-10-4-11-39-65)77-48-24-32-59-28-16-20-44-73(59)77)55-70(53-62)82(66-40-12-5-13-41-66)78-49-25-33-60-29-17-21-45-74(60)78/h2-55H,1H2. The number of para-hydroxylation sites is 4. The molecule has 0 amide bonds. The summed E-state index contributed by atoms with van der Waals surface area (Å²) in [5, 5.41) is 9.24. The summed E-state index contributed by atoms with van der Waals surface area (Å²) in [6.45, 7) is 5.20. The van der Waals surface area contributed by atoms with Crippen LogP contribution in [0.15, 0.2) is 334 Å². The maximum absolute atomic E-state index is 5.20. The van der Waals surface area contributed by atoms with E-state index in [9.17, 15) is 0 Å². The SMILES string of the molecule is C=C(c1cc(N(c2ccccc2)c2cccc3ccccc23)cc(N(c2ccccc2)c2cccc3ccccc23)c1)c1cc(N(c2ccccc2)c2cccc3ccccc23)cc(N(c2ccccc2)c2cccc3ccccc23)c1. The molecule has 4 nitrogen and oxygen atoms in total. The van der Waals surface area contributed by atoms with Gasteiger partial charge in [-0.25, -0.2) is 0 Å². The topological polar surface area (TPSA) is 13.0 Å². The van der Waals surface area contributed by atoms with E-state index in [2.05, 4.69) is 347 Å². The Balaban J connectivity index is 1.06. The lowest BCUT2D eigenvalue weighted by atomic mass is 9.95. The zero-order chi connectivity index (χ0) is 54.8. The van der Waals surface area contributed by atoms with Crippen LogP contribution in [0.2, 0.25) is 0 Å². The molecule has 0 radical (unpaired) electrons. The molecule has 0 N–H and O–H groups in total. The Hall–Kier alpha value is -10.9. The molecule has 4 heteroatoms. The van der Waals surface area contributed by atoms with Gasteiger partial charge in [-0.05, 0) is 147 Å². The van der Waals surface area contributed by atoms with E-state index in [4.69, 9.17) is 6.58 Å². The fraction of sp³-hybridized carbons (Fsp3) is 0. The van der Waals surface area contributed by atoms with Crippen molar-refractivity contribution >= 4 is 117 Å². The van der Waals surface area contributed by atoms with Crippen LogP contribution >= 0.6 is 0 Å². The smallest absolute Gasteiger partial charge is 0.0540 e. The fourth-order valence-electron chi connectivity index (χ4n) is 11.9. The molecule has 14 aromatic rings. The third-order valence-electron chi connectivity index (χ3n) is 15.6. The summed E-state index contributed by atoms with van der Waals surface area (Å²) in [5.41, 5.74) is 15.2. The van der Waals surface area contributed by atoms with Crippen LogP contribution in [0.5, 0.6) is 0 Å². The summed E-state index contributed by atoms with van der Waals surface area (Å²) in [7, 11) is 0. The third kappa shape index (κ3) is 9.34. The van der Waals surface area contributed by atoms with E-state index in [1.165, 1.54) is 0 Å². The van der Waals surface area contributed by atoms with E-state index in [1.807, 2.05) is 0 Å². The van der Waals surface area contributed by atoms with Crippen LogP contribution in [0.1, 0.15) is 11.1 Å². The summed E-state index contributed by atoms with van der Waals surface area (Å²) in [6, 6.07) is 118. The lowest BCUT2D eigenvalue weighted by Gasteiger charge is -2.32. The third-order valence-corrected chi connectivity index (χ3v) is 15.6. The number of nitrogens with zero attached hydrogens (tertiary/aromatic N) is 4. The number of rotatable bonds is 14. The Morgan fingerprint density at radius 3 is 0.646 bits per heavy atom. The van der Waals surface area contributed by atoms with Gasteiger partial charge in [0.25, 0.3) is 0 Å². The highest BCUT2D eigenvalue weighted by molar-refractivity contribution is 6.05. The minimum atomic E-state index is 0.861. The predicted molar refractivity (Wildman–Crippen MR) is 350 cm³/mol. The van der Waals surface area contributed by atoms with Crippen molar-refractivity contribution in [3.8, 4) is 0 Å². The van der Waals surface area contributed by atoms with Gasteiger partial charge in [0.2, 0.25) is 0 Å². The Morgan fingerprint density at radius 1 is 0.195 bits per heavy atom. The molecular formula is C78H56N4. The van der Waals surface area contributed by atoms with Gasteiger partial charge in [-0.15, -0.1) is 0 Å². The lowest BCUT2D eigenvalue weighted by Crippen LogP contribution is -2.15. The molecule has 388 valence electrons.